The van der Waals surface area contributed by atoms with Gasteiger partial charge in [0.2, 0.25) is 0 Å². The molecular formula is C20H34N4OS. The van der Waals surface area contributed by atoms with E-state index in [-0.39, 0.29) is 0 Å². The van der Waals surface area contributed by atoms with Gasteiger partial charge in [-0.1, -0.05) is 12.8 Å². The van der Waals surface area contributed by atoms with Crippen molar-refractivity contribution in [1.82, 2.24) is 15.2 Å². The van der Waals surface area contributed by atoms with Crippen LogP contribution in [0.15, 0.2) is 4.99 Å². The molecule has 2 aliphatic rings. The highest BCUT2D eigenvalue weighted by Gasteiger charge is 2.23. The van der Waals surface area contributed by atoms with Crippen LogP contribution in [0.4, 0.5) is 0 Å². The van der Waals surface area contributed by atoms with Gasteiger partial charge in [-0.3, -0.25) is 4.99 Å². The maximum atomic E-state index is 6.19. The van der Waals surface area contributed by atoms with Crippen molar-refractivity contribution in [3.8, 4) is 0 Å². The summed E-state index contributed by atoms with van der Waals surface area (Å²) in [6.07, 6.45) is 9.21. The van der Waals surface area contributed by atoms with Gasteiger partial charge in [0, 0.05) is 44.6 Å². The van der Waals surface area contributed by atoms with Crippen LogP contribution in [0.3, 0.4) is 0 Å². The van der Waals surface area contributed by atoms with E-state index in [9.17, 15) is 0 Å². The summed E-state index contributed by atoms with van der Waals surface area (Å²) in [7, 11) is 1.88. The number of guanidine groups is 1. The minimum Gasteiger partial charge on any atom is -0.378 e. The predicted molar refractivity (Wildman–Crippen MR) is 109 cm³/mol. The fourth-order valence-electron chi connectivity index (χ4n) is 4.11. The van der Waals surface area contributed by atoms with Gasteiger partial charge in [-0.15, -0.1) is 11.3 Å². The lowest BCUT2D eigenvalue weighted by molar-refractivity contribution is 0.00103. The molecule has 3 rings (SSSR count). The number of hydrogen-bond donors (Lipinski definition) is 1. The summed E-state index contributed by atoms with van der Waals surface area (Å²) >= 11 is 1.80. The van der Waals surface area contributed by atoms with Gasteiger partial charge < -0.3 is 15.0 Å². The monoisotopic (exact) mass is 378 g/mol. The van der Waals surface area contributed by atoms with Crippen molar-refractivity contribution in [2.24, 2.45) is 10.9 Å². The Morgan fingerprint density at radius 3 is 2.58 bits per heavy atom. The van der Waals surface area contributed by atoms with E-state index in [1.54, 1.807) is 11.3 Å². The molecule has 146 valence electrons. The Labute approximate surface area is 162 Å². The molecule has 0 bridgehead atoms. The number of aromatic nitrogens is 1. The molecule has 26 heavy (non-hydrogen) atoms. The van der Waals surface area contributed by atoms with Crippen LogP contribution in [0.5, 0.6) is 0 Å². The molecule has 1 aromatic rings. The quantitative estimate of drug-likeness (QED) is 0.607. The van der Waals surface area contributed by atoms with Crippen molar-refractivity contribution < 1.29 is 4.74 Å². The Hall–Kier alpha value is -1.14. The molecule has 0 radical (unpaired) electrons. The van der Waals surface area contributed by atoms with E-state index >= 15 is 0 Å². The topological polar surface area (TPSA) is 49.8 Å². The number of hydrogen-bond acceptors (Lipinski definition) is 4. The van der Waals surface area contributed by atoms with Gasteiger partial charge in [0.05, 0.1) is 16.8 Å². The Morgan fingerprint density at radius 2 is 1.96 bits per heavy atom. The van der Waals surface area contributed by atoms with Crippen LogP contribution >= 0.6 is 11.3 Å². The fraction of sp³-hybridized carbons (Fsp3) is 0.800. The highest BCUT2D eigenvalue weighted by molar-refractivity contribution is 7.11. The molecule has 1 saturated carbocycles. The first-order chi connectivity index (χ1) is 12.7. The molecule has 0 atom stereocenters. The molecule has 2 heterocycles. The highest BCUT2D eigenvalue weighted by Crippen LogP contribution is 2.26. The van der Waals surface area contributed by atoms with Crippen LogP contribution in [0.25, 0.3) is 0 Å². The molecule has 6 heteroatoms. The lowest BCUT2D eigenvalue weighted by Crippen LogP contribution is -2.47. The molecule has 2 fully saturated rings. The first-order valence-electron chi connectivity index (χ1n) is 10.2. The molecule has 1 aliphatic heterocycles. The maximum Gasteiger partial charge on any atom is 0.193 e. The number of aryl methyl sites for hydroxylation is 2. The Balaban J connectivity index is 1.37. The normalized spacial score (nSPS) is 20.1. The maximum absolute atomic E-state index is 6.19. The summed E-state index contributed by atoms with van der Waals surface area (Å²) < 4.78 is 6.19. The molecule has 0 aromatic carbocycles. The fourth-order valence-corrected chi connectivity index (χ4v) is 5.05. The average molecular weight is 379 g/mol. The zero-order valence-corrected chi connectivity index (χ0v) is 17.4. The number of aliphatic imine (C=N–C) groups is 1. The standard InChI is InChI=1S/C20H34N4OS/c1-15-19(26-16(2)23-15)8-11-22-20(21-3)24-12-9-18(10-13-24)25-14-17-6-4-5-7-17/h17-18H,4-14H2,1-3H3,(H,21,22). The number of likely N-dealkylation sites (tertiary alicyclic amines) is 1. The van der Waals surface area contributed by atoms with Crippen molar-refractivity contribution in [1.29, 1.82) is 0 Å². The van der Waals surface area contributed by atoms with Gasteiger partial charge in [0.25, 0.3) is 0 Å². The van der Waals surface area contributed by atoms with Crippen LogP contribution in [-0.2, 0) is 11.2 Å². The average Bonchev–Trinajstić information content (AvgIpc) is 3.27. The third kappa shape index (κ3) is 5.43. The zero-order valence-electron chi connectivity index (χ0n) is 16.6. The molecule has 0 spiro atoms. The summed E-state index contributed by atoms with van der Waals surface area (Å²) in [6.45, 7) is 8.14. The van der Waals surface area contributed by atoms with Gasteiger partial charge in [0.15, 0.2) is 5.96 Å². The largest absolute Gasteiger partial charge is 0.378 e. The molecular weight excluding hydrogens is 344 g/mol. The zero-order chi connectivity index (χ0) is 18.4. The third-order valence-electron chi connectivity index (χ3n) is 5.63. The minimum atomic E-state index is 0.438. The summed E-state index contributed by atoms with van der Waals surface area (Å²) in [5, 5.41) is 4.68. The third-order valence-corrected chi connectivity index (χ3v) is 6.76. The van der Waals surface area contributed by atoms with Crippen molar-refractivity contribution in [3.63, 3.8) is 0 Å². The molecule has 1 aliphatic carbocycles. The summed E-state index contributed by atoms with van der Waals surface area (Å²) in [5.74, 6) is 1.85. The van der Waals surface area contributed by atoms with Crippen LogP contribution < -0.4 is 5.32 Å². The van der Waals surface area contributed by atoms with Crippen molar-refractivity contribution >= 4 is 17.3 Å². The van der Waals surface area contributed by atoms with Crippen LogP contribution in [-0.4, -0.2) is 55.2 Å². The Morgan fingerprint density at radius 1 is 1.23 bits per heavy atom. The van der Waals surface area contributed by atoms with Gasteiger partial charge in [-0.05, 0) is 45.4 Å². The van der Waals surface area contributed by atoms with E-state index in [4.69, 9.17) is 4.74 Å². The number of ether oxygens (including phenoxy) is 1. The molecule has 1 aromatic heterocycles. The number of nitrogens with one attached hydrogen (secondary N) is 1. The molecule has 0 unspecified atom stereocenters. The minimum absolute atomic E-state index is 0.438. The van der Waals surface area contributed by atoms with Crippen molar-refractivity contribution in [2.75, 3.05) is 33.3 Å². The van der Waals surface area contributed by atoms with Crippen LogP contribution in [0.1, 0.15) is 54.1 Å². The summed E-state index contributed by atoms with van der Waals surface area (Å²) in [6, 6.07) is 0. The first kappa shape index (κ1) is 19.6. The van der Waals surface area contributed by atoms with Gasteiger partial charge in [-0.2, -0.15) is 0 Å². The van der Waals surface area contributed by atoms with Crippen molar-refractivity contribution in [3.05, 3.63) is 15.6 Å². The van der Waals surface area contributed by atoms with Crippen LogP contribution in [0, 0.1) is 19.8 Å². The lowest BCUT2D eigenvalue weighted by Gasteiger charge is -2.34. The Kier molecular flexibility index (Phi) is 7.32. The molecule has 1 saturated heterocycles. The van der Waals surface area contributed by atoms with Crippen molar-refractivity contribution in [2.45, 2.75) is 64.9 Å². The second kappa shape index (κ2) is 9.70. The molecule has 0 amide bonds. The van der Waals surface area contributed by atoms with Gasteiger partial charge in [0.1, 0.15) is 0 Å². The van der Waals surface area contributed by atoms with E-state index in [0.717, 1.165) is 62.4 Å². The van der Waals surface area contributed by atoms with E-state index in [0.29, 0.717) is 6.10 Å². The second-order valence-corrected chi connectivity index (χ2v) is 8.92. The molecule has 5 nitrogen and oxygen atoms in total. The molecule has 1 N–H and O–H groups in total. The predicted octanol–water partition coefficient (Wildman–Crippen LogP) is 3.55. The van der Waals surface area contributed by atoms with Gasteiger partial charge in [-0.25, -0.2) is 4.98 Å². The van der Waals surface area contributed by atoms with E-state index < -0.39 is 0 Å². The van der Waals surface area contributed by atoms with Gasteiger partial charge >= 0.3 is 0 Å². The van der Waals surface area contributed by atoms with E-state index in [2.05, 4.69) is 34.0 Å². The number of nitrogens with zero attached hydrogens (tertiary/aromatic N) is 3. The second-order valence-electron chi connectivity index (χ2n) is 7.64. The highest BCUT2D eigenvalue weighted by atomic mass is 32.1. The van der Waals surface area contributed by atoms with Crippen LogP contribution in [0.2, 0.25) is 0 Å². The first-order valence-corrected chi connectivity index (χ1v) is 11.0. The van der Waals surface area contributed by atoms with E-state index in [1.807, 2.05) is 7.05 Å². The lowest BCUT2D eigenvalue weighted by atomic mass is 10.1. The number of rotatable bonds is 6. The number of thiazole rings is 1. The van der Waals surface area contributed by atoms with E-state index in [1.165, 1.54) is 36.3 Å². The number of piperidine rings is 1. The SMILES string of the molecule is CN=C(NCCc1sc(C)nc1C)N1CCC(OCC2CCCC2)CC1. The summed E-state index contributed by atoms with van der Waals surface area (Å²) in [4.78, 5) is 12.7. The Bertz CT molecular complexity index is 587. The summed E-state index contributed by atoms with van der Waals surface area (Å²) in [5.41, 5.74) is 1.17. The smallest absolute Gasteiger partial charge is 0.193 e.